The molecule has 0 aromatic carbocycles. The second-order valence-electron chi connectivity index (χ2n) is 4.43. The summed E-state index contributed by atoms with van der Waals surface area (Å²) in [6.45, 7) is 1.49. The van der Waals surface area contributed by atoms with Crippen molar-refractivity contribution < 1.29 is 4.74 Å². The summed E-state index contributed by atoms with van der Waals surface area (Å²) in [7, 11) is 0. The molecule has 0 bridgehead atoms. The van der Waals surface area contributed by atoms with Gasteiger partial charge in [-0.05, 0) is 17.9 Å². The summed E-state index contributed by atoms with van der Waals surface area (Å²) in [6, 6.07) is 1.90. The number of ether oxygens (including phenoxy) is 1. The molecule has 6 nitrogen and oxygen atoms in total. The van der Waals surface area contributed by atoms with Crippen LogP contribution in [0, 0.1) is 0 Å². The number of aromatic nitrogens is 4. The Balaban J connectivity index is 1.82. The molecule has 0 spiro atoms. The molecule has 1 saturated heterocycles. The molecule has 98 valence electrons. The fourth-order valence-electron chi connectivity index (χ4n) is 2.21. The summed E-state index contributed by atoms with van der Waals surface area (Å²) in [6.07, 6.45) is 0.981. The number of hydrogen-bond donors (Lipinski definition) is 1. The first-order chi connectivity index (χ1) is 9.33. The van der Waals surface area contributed by atoms with Gasteiger partial charge >= 0.3 is 0 Å². The number of hydrogen-bond acceptors (Lipinski definition) is 7. The molecule has 0 radical (unpaired) electrons. The van der Waals surface area contributed by atoms with Crippen LogP contribution in [0.1, 0.15) is 18.2 Å². The minimum atomic E-state index is 0.297. The van der Waals surface area contributed by atoms with Gasteiger partial charge in [-0.3, -0.25) is 0 Å². The van der Waals surface area contributed by atoms with Crippen LogP contribution < -0.4 is 5.73 Å². The van der Waals surface area contributed by atoms with Gasteiger partial charge in [-0.1, -0.05) is 11.3 Å². The average Bonchev–Trinajstić information content (AvgIpc) is 3.10. The summed E-state index contributed by atoms with van der Waals surface area (Å²) in [5, 5.41) is 15.9. The molecule has 4 heterocycles. The lowest BCUT2D eigenvalue weighted by atomic mass is 10.1. The molecule has 0 saturated carbocycles. The number of thiophene rings is 1. The predicted molar refractivity (Wildman–Crippen MR) is 74.6 cm³/mol. The molecule has 2 N–H and O–H groups in total. The van der Waals surface area contributed by atoms with Crippen LogP contribution in [-0.2, 0) is 4.74 Å². The first-order valence-electron chi connectivity index (χ1n) is 5.96. The topological polar surface area (TPSA) is 78.3 Å². The van der Waals surface area contributed by atoms with Gasteiger partial charge in [0.15, 0.2) is 10.8 Å². The standard InChI is InChI=1S/C11H11N5OS2/c12-7-2-4-18-8(7)10-15-16-9(6-1-3-17-5-6)13-14-11(16)19-10/h2,4,6H,1,3,5,12H2. The third-order valence-corrected chi connectivity index (χ3v) is 5.18. The van der Waals surface area contributed by atoms with Crippen LogP contribution in [0.15, 0.2) is 11.4 Å². The first kappa shape index (κ1) is 11.3. The Labute approximate surface area is 116 Å². The average molecular weight is 293 g/mol. The lowest BCUT2D eigenvalue weighted by Gasteiger charge is -2.01. The van der Waals surface area contributed by atoms with Crippen LogP contribution in [0.5, 0.6) is 0 Å². The van der Waals surface area contributed by atoms with Crippen LogP contribution in [0.3, 0.4) is 0 Å². The zero-order chi connectivity index (χ0) is 12.8. The highest BCUT2D eigenvalue weighted by Crippen LogP contribution is 2.35. The second kappa shape index (κ2) is 4.26. The van der Waals surface area contributed by atoms with E-state index >= 15 is 0 Å². The summed E-state index contributed by atoms with van der Waals surface area (Å²) >= 11 is 3.11. The Hall–Kier alpha value is -1.51. The van der Waals surface area contributed by atoms with E-state index in [1.165, 1.54) is 11.3 Å². The molecule has 1 aliphatic heterocycles. The Morgan fingerprint density at radius 1 is 1.42 bits per heavy atom. The lowest BCUT2D eigenvalue weighted by molar-refractivity contribution is 0.193. The predicted octanol–water partition coefficient (Wildman–Crippen LogP) is 2.00. The summed E-state index contributed by atoms with van der Waals surface area (Å²) in [4.78, 5) is 1.81. The van der Waals surface area contributed by atoms with Crippen molar-refractivity contribution in [3.05, 3.63) is 17.3 Å². The van der Waals surface area contributed by atoms with Crippen LogP contribution in [0.2, 0.25) is 0 Å². The van der Waals surface area contributed by atoms with Crippen LogP contribution in [0.4, 0.5) is 5.69 Å². The van der Waals surface area contributed by atoms with Gasteiger partial charge < -0.3 is 10.5 Å². The SMILES string of the molecule is Nc1ccsc1-c1nn2c(C3CCOC3)nnc2s1. The Morgan fingerprint density at radius 3 is 3.11 bits per heavy atom. The number of nitrogen functional groups attached to an aromatic ring is 1. The zero-order valence-electron chi connectivity index (χ0n) is 9.94. The van der Waals surface area contributed by atoms with Crippen molar-refractivity contribution in [1.82, 2.24) is 19.8 Å². The number of fused-ring (bicyclic) bond motifs is 1. The van der Waals surface area contributed by atoms with Gasteiger partial charge in [0.25, 0.3) is 0 Å². The second-order valence-corrected chi connectivity index (χ2v) is 6.30. The molecular formula is C11H11N5OS2. The van der Waals surface area contributed by atoms with Gasteiger partial charge in [0.05, 0.1) is 17.2 Å². The molecule has 1 fully saturated rings. The van der Waals surface area contributed by atoms with Crippen molar-refractivity contribution in [2.24, 2.45) is 0 Å². The van der Waals surface area contributed by atoms with Crippen molar-refractivity contribution in [2.45, 2.75) is 12.3 Å². The van der Waals surface area contributed by atoms with Gasteiger partial charge in [0.1, 0.15) is 0 Å². The quantitative estimate of drug-likeness (QED) is 0.782. The molecule has 4 rings (SSSR count). The van der Waals surface area contributed by atoms with E-state index < -0.39 is 0 Å². The van der Waals surface area contributed by atoms with Crippen LogP contribution in [0.25, 0.3) is 14.8 Å². The van der Waals surface area contributed by atoms with E-state index in [9.17, 15) is 0 Å². The van der Waals surface area contributed by atoms with Crippen molar-refractivity contribution in [1.29, 1.82) is 0 Å². The smallest absolute Gasteiger partial charge is 0.235 e. The molecular weight excluding hydrogens is 282 g/mol. The van der Waals surface area contributed by atoms with Crippen molar-refractivity contribution in [2.75, 3.05) is 18.9 Å². The van der Waals surface area contributed by atoms with E-state index in [-0.39, 0.29) is 0 Å². The minimum absolute atomic E-state index is 0.297. The molecule has 1 atom stereocenters. The van der Waals surface area contributed by atoms with Gasteiger partial charge in [-0.2, -0.15) is 9.61 Å². The molecule has 19 heavy (non-hydrogen) atoms. The number of anilines is 1. The fraction of sp³-hybridized carbons (Fsp3) is 0.364. The maximum Gasteiger partial charge on any atom is 0.235 e. The van der Waals surface area contributed by atoms with Gasteiger partial charge in [0.2, 0.25) is 4.96 Å². The Kier molecular flexibility index (Phi) is 2.54. The maximum absolute atomic E-state index is 5.94. The molecule has 8 heteroatoms. The Bertz CT molecular complexity index is 724. The van der Waals surface area contributed by atoms with Crippen molar-refractivity contribution >= 4 is 33.3 Å². The fourth-order valence-corrected chi connectivity index (χ4v) is 3.98. The molecule has 0 aliphatic carbocycles. The monoisotopic (exact) mass is 293 g/mol. The number of nitrogens with two attached hydrogens (primary N) is 1. The lowest BCUT2D eigenvalue weighted by Crippen LogP contribution is -2.04. The van der Waals surface area contributed by atoms with Crippen LogP contribution in [-0.4, -0.2) is 33.0 Å². The summed E-state index contributed by atoms with van der Waals surface area (Å²) in [5.41, 5.74) is 6.70. The van der Waals surface area contributed by atoms with Crippen LogP contribution >= 0.6 is 22.7 Å². The number of rotatable bonds is 2. The first-order valence-corrected chi connectivity index (χ1v) is 7.66. The van der Waals surface area contributed by atoms with E-state index in [1.807, 2.05) is 16.0 Å². The van der Waals surface area contributed by atoms with Crippen molar-refractivity contribution in [3.8, 4) is 9.88 Å². The largest absolute Gasteiger partial charge is 0.397 e. The molecule has 1 unspecified atom stereocenters. The van der Waals surface area contributed by atoms with E-state index in [1.54, 1.807) is 11.3 Å². The normalized spacial score (nSPS) is 19.5. The summed E-state index contributed by atoms with van der Waals surface area (Å²) < 4.78 is 7.24. The molecule has 3 aromatic heterocycles. The highest BCUT2D eigenvalue weighted by molar-refractivity contribution is 7.24. The highest BCUT2D eigenvalue weighted by Gasteiger charge is 2.25. The number of nitrogens with zero attached hydrogens (tertiary/aromatic N) is 4. The maximum atomic E-state index is 5.94. The van der Waals surface area contributed by atoms with E-state index in [4.69, 9.17) is 10.5 Å². The zero-order valence-corrected chi connectivity index (χ0v) is 11.6. The van der Waals surface area contributed by atoms with Gasteiger partial charge in [-0.15, -0.1) is 21.5 Å². The van der Waals surface area contributed by atoms with E-state index in [2.05, 4.69) is 15.3 Å². The molecule has 1 aliphatic rings. The van der Waals surface area contributed by atoms with E-state index in [0.29, 0.717) is 12.5 Å². The van der Waals surface area contributed by atoms with E-state index in [0.717, 1.165) is 39.4 Å². The third kappa shape index (κ3) is 1.75. The summed E-state index contributed by atoms with van der Waals surface area (Å²) in [5.74, 6) is 1.19. The molecule has 0 amide bonds. The highest BCUT2D eigenvalue weighted by atomic mass is 32.1. The third-order valence-electron chi connectivity index (χ3n) is 3.20. The van der Waals surface area contributed by atoms with Crippen molar-refractivity contribution in [3.63, 3.8) is 0 Å². The Morgan fingerprint density at radius 2 is 2.37 bits per heavy atom. The van der Waals surface area contributed by atoms with Gasteiger partial charge in [-0.25, -0.2) is 0 Å². The molecule has 3 aromatic rings. The minimum Gasteiger partial charge on any atom is -0.397 e. The van der Waals surface area contributed by atoms with Gasteiger partial charge in [0, 0.05) is 12.5 Å².